The molecule has 1 aliphatic carbocycles. The minimum absolute atomic E-state index is 0.243. The first-order chi connectivity index (χ1) is 9.68. The highest BCUT2D eigenvalue weighted by Crippen LogP contribution is 2.42. The van der Waals surface area contributed by atoms with E-state index >= 15 is 0 Å². The van der Waals surface area contributed by atoms with E-state index in [1.54, 1.807) is 14.2 Å². The molecule has 1 aromatic carbocycles. The van der Waals surface area contributed by atoms with Gasteiger partial charge >= 0.3 is 0 Å². The normalized spacial score (nSPS) is 28.8. The van der Waals surface area contributed by atoms with Crippen LogP contribution in [0.4, 0.5) is 0 Å². The number of ether oxygens (including phenoxy) is 2. The summed E-state index contributed by atoms with van der Waals surface area (Å²) in [5.41, 5.74) is 1.22. The summed E-state index contributed by atoms with van der Waals surface area (Å²) in [6.07, 6.45) is 1.46. The highest BCUT2D eigenvalue weighted by atomic mass is 16.7. The van der Waals surface area contributed by atoms with Gasteiger partial charge in [0.25, 0.3) is 0 Å². The molecule has 0 N–H and O–H groups in total. The van der Waals surface area contributed by atoms with Crippen LogP contribution < -0.4 is 0 Å². The Morgan fingerprint density at radius 3 is 2.55 bits per heavy atom. The predicted octanol–water partition coefficient (Wildman–Crippen LogP) is 1.84. The summed E-state index contributed by atoms with van der Waals surface area (Å²) >= 11 is 0. The molecule has 0 amide bonds. The fraction of sp³-hybridized carbons (Fsp3) is 0.562. The highest BCUT2D eigenvalue weighted by Gasteiger charge is 2.56. The standard InChI is InChI=1S/C16H21NO3/c1-19-16(20-2)9-13-8-14(18)15(16)17(11-13)10-12-6-4-3-5-7-12/h3-7,13,15H,8-11H2,1-2H3/t13?,15-/m0/s1. The lowest BCUT2D eigenvalue weighted by Crippen LogP contribution is -2.68. The summed E-state index contributed by atoms with van der Waals surface area (Å²) in [5, 5.41) is 0. The molecule has 3 fully saturated rings. The molecule has 0 radical (unpaired) electrons. The fourth-order valence-electron chi connectivity index (χ4n) is 3.72. The van der Waals surface area contributed by atoms with E-state index in [9.17, 15) is 4.79 Å². The van der Waals surface area contributed by atoms with Gasteiger partial charge in [0.1, 0.15) is 6.04 Å². The van der Waals surface area contributed by atoms with Crippen molar-refractivity contribution in [2.75, 3.05) is 20.8 Å². The van der Waals surface area contributed by atoms with E-state index in [1.807, 2.05) is 18.2 Å². The van der Waals surface area contributed by atoms with E-state index in [1.165, 1.54) is 5.56 Å². The smallest absolute Gasteiger partial charge is 0.190 e. The summed E-state index contributed by atoms with van der Waals surface area (Å²) in [7, 11) is 3.27. The van der Waals surface area contributed by atoms with Crippen LogP contribution in [0.15, 0.2) is 30.3 Å². The maximum absolute atomic E-state index is 12.4. The minimum Gasteiger partial charge on any atom is -0.351 e. The fourth-order valence-corrected chi connectivity index (χ4v) is 3.72. The van der Waals surface area contributed by atoms with Crippen molar-refractivity contribution in [3.63, 3.8) is 0 Å². The van der Waals surface area contributed by atoms with Crippen LogP contribution in [0, 0.1) is 5.92 Å². The lowest BCUT2D eigenvalue weighted by molar-refractivity contribution is -0.275. The molecule has 20 heavy (non-hydrogen) atoms. The zero-order valence-corrected chi connectivity index (χ0v) is 12.0. The summed E-state index contributed by atoms with van der Waals surface area (Å²) in [6.45, 7) is 1.71. The number of rotatable bonds is 4. The number of piperidine rings is 2. The van der Waals surface area contributed by atoms with Gasteiger partial charge in [0, 0.05) is 40.2 Å². The Bertz CT molecular complexity index is 484. The average molecular weight is 275 g/mol. The Hall–Kier alpha value is -1.23. The first-order valence-corrected chi connectivity index (χ1v) is 7.09. The van der Waals surface area contributed by atoms with Gasteiger partial charge in [0.2, 0.25) is 0 Å². The van der Waals surface area contributed by atoms with Crippen LogP contribution in [0.5, 0.6) is 0 Å². The summed E-state index contributed by atoms with van der Waals surface area (Å²) < 4.78 is 11.2. The van der Waals surface area contributed by atoms with E-state index in [-0.39, 0.29) is 11.8 Å². The molecule has 4 heteroatoms. The average Bonchev–Trinajstić information content (AvgIpc) is 2.47. The topological polar surface area (TPSA) is 38.8 Å². The number of methoxy groups -OCH3 is 2. The molecule has 4 nitrogen and oxygen atoms in total. The van der Waals surface area contributed by atoms with Crippen molar-refractivity contribution in [1.29, 1.82) is 0 Å². The molecule has 1 unspecified atom stereocenters. The van der Waals surface area contributed by atoms with Crippen molar-refractivity contribution in [1.82, 2.24) is 4.90 Å². The van der Waals surface area contributed by atoms with Crippen molar-refractivity contribution in [3.8, 4) is 0 Å². The van der Waals surface area contributed by atoms with Gasteiger partial charge in [-0.25, -0.2) is 0 Å². The molecule has 2 atom stereocenters. The Labute approximate surface area is 119 Å². The summed E-state index contributed by atoms with van der Waals surface area (Å²) in [5.74, 6) is -0.198. The van der Waals surface area contributed by atoms with Gasteiger partial charge in [0.05, 0.1) is 0 Å². The van der Waals surface area contributed by atoms with E-state index in [4.69, 9.17) is 9.47 Å². The van der Waals surface area contributed by atoms with Crippen LogP contribution in [0.1, 0.15) is 18.4 Å². The number of hydrogen-bond donors (Lipinski definition) is 0. The monoisotopic (exact) mass is 275 g/mol. The van der Waals surface area contributed by atoms with Crippen LogP contribution in [0.2, 0.25) is 0 Å². The lowest BCUT2D eigenvalue weighted by atomic mass is 9.74. The first-order valence-electron chi connectivity index (χ1n) is 7.09. The van der Waals surface area contributed by atoms with Crippen LogP contribution in [0.3, 0.4) is 0 Å². The molecule has 0 spiro atoms. The maximum Gasteiger partial charge on any atom is 0.190 e. The third kappa shape index (κ3) is 2.18. The van der Waals surface area contributed by atoms with Gasteiger partial charge < -0.3 is 9.47 Å². The summed E-state index contributed by atoms with van der Waals surface area (Å²) in [4.78, 5) is 14.6. The molecule has 2 heterocycles. The predicted molar refractivity (Wildman–Crippen MR) is 75.1 cm³/mol. The largest absolute Gasteiger partial charge is 0.351 e. The molecule has 3 aliphatic rings. The van der Waals surface area contributed by atoms with Gasteiger partial charge in [-0.3, -0.25) is 9.69 Å². The molecule has 0 aromatic heterocycles. The Kier molecular flexibility index (Phi) is 3.63. The Morgan fingerprint density at radius 1 is 1.25 bits per heavy atom. The van der Waals surface area contributed by atoms with E-state index < -0.39 is 5.79 Å². The zero-order chi connectivity index (χ0) is 14.2. The van der Waals surface area contributed by atoms with Gasteiger partial charge in [-0.1, -0.05) is 30.3 Å². The number of ketones is 1. The van der Waals surface area contributed by atoms with Crippen molar-refractivity contribution in [2.24, 2.45) is 5.92 Å². The van der Waals surface area contributed by atoms with Crippen LogP contribution in [-0.2, 0) is 20.8 Å². The first kappa shape index (κ1) is 13.7. The number of carbonyl (C=O) groups is 1. The summed E-state index contributed by atoms with van der Waals surface area (Å²) in [6, 6.07) is 9.95. The van der Waals surface area contributed by atoms with Gasteiger partial charge in [-0.15, -0.1) is 0 Å². The van der Waals surface area contributed by atoms with Crippen molar-refractivity contribution < 1.29 is 14.3 Å². The molecule has 2 saturated heterocycles. The number of benzene rings is 1. The van der Waals surface area contributed by atoms with Gasteiger partial charge in [-0.05, 0) is 11.5 Å². The van der Waals surface area contributed by atoms with E-state index in [2.05, 4.69) is 17.0 Å². The molecule has 1 aromatic rings. The van der Waals surface area contributed by atoms with Crippen molar-refractivity contribution in [2.45, 2.75) is 31.2 Å². The SMILES string of the molecule is COC1(OC)CC2CC(=O)[C@@H]1N(Cc1ccccc1)C2. The third-order valence-electron chi connectivity index (χ3n) is 4.56. The number of Topliss-reactive ketones (excluding diaryl/α,β-unsaturated/α-hetero) is 1. The molecular weight excluding hydrogens is 254 g/mol. The Balaban J connectivity index is 1.87. The second-order valence-electron chi connectivity index (χ2n) is 5.78. The molecule has 1 saturated carbocycles. The van der Waals surface area contributed by atoms with Gasteiger partial charge in [-0.2, -0.15) is 0 Å². The van der Waals surface area contributed by atoms with Crippen LogP contribution in [-0.4, -0.2) is 43.3 Å². The number of nitrogens with zero attached hydrogens (tertiary/aromatic N) is 1. The zero-order valence-electron chi connectivity index (χ0n) is 12.0. The lowest BCUT2D eigenvalue weighted by Gasteiger charge is -2.53. The van der Waals surface area contributed by atoms with E-state index in [0.29, 0.717) is 12.3 Å². The van der Waals surface area contributed by atoms with E-state index in [0.717, 1.165) is 19.5 Å². The van der Waals surface area contributed by atoms with Gasteiger partial charge in [0.15, 0.2) is 11.6 Å². The quantitative estimate of drug-likeness (QED) is 0.786. The number of fused-ring (bicyclic) bond motifs is 3. The maximum atomic E-state index is 12.4. The molecule has 2 bridgehead atoms. The second-order valence-corrected chi connectivity index (χ2v) is 5.78. The highest BCUT2D eigenvalue weighted by molar-refractivity contribution is 5.87. The van der Waals surface area contributed by atoms with Crippen LogP contribution in [0.25, 0.3) is 0 Å². The number of carbonyl (C=O) groups excluding carboxylic acids is 1. The molecular formula is C16H21NO3. The Morgan fingerprint density at radius 2 is 1.95 bits per heavy atom. The second kappa shape index (κ2) is 5.28. The third-order valence-corrected chi connectivity index (χ3v) is 4.56. The molecule has 4 rings (SSSR count). The molecule has 2 aliphatic heterocycles. The molecule has 108 valence electrons. The van der Waals surface area contributed by atoms with Crippen molar-refractivity contribution in [3.05, 3.63) is 35.9 Å². The van der Waals surface area contributed by atoms with Crippen LogP contribution >= 0.6 is 0 Å². The van der Waals surface area contributed by atoms with Crippen molar-refractivity contribution >= 4 is 5.78 Å². The minimum atomic E-state index is -0.771. The number of hydrogen-bond acceptors (Lipinski definition) is 4.